The highest BCUT2D eigenvalue weighted by atomic mass is 32.1. The highest BCUT2D eigenvalue weighted by Gasteiger charge is 2.13. The average Bonchev–Trinajstić information content (AvgIpc) is 2.98. The molecule has 0 radical (unpaired) electrons. The van der Waals surface area contributed by atoms with E-state index in [9.17, 15) is 0 Å². The number of ether oxygens (including phenoxy) is 2. The van der Waals surface area contributed by atoms with E-state index in [-0.39, 0.29) is 0 Å². The van der Waals surface area contributed by atoms with Crippen molar-refractivity contribution in [2.75, 3.05) is 39.5 Å². The number of para-hydroxylation sites is 2. The number of nitrogens with one attached hydrogen (secondary N) is 1. The summed E-state index contributed by atoms with van der Waals surface area (Å²) in [4.78, 5) is 7.57. The summed E-state index contributed by atoms with van der Waals surface area (Å²) >= 11 is 1.70. The number of benzene rings is 1. The van der Waals surface area contributed by atoms with Crippen LogP contribution < -0.4 is 14.4 Å². The second-order valence-corrected chi connectivity index (χ2v) is 7.13. The fourth-order valence-corrected chi connectivity index (χ4v) is 4.02. The number of thiazole rings is 1. The summed E-state index contributed by atoms with van der Waals surface area (Å²) in [7, 11) is 0. The smallest absolute Gasteiger partial charge is 0.190 e. The van der Waals surface area contributed by atoms with E-state index in [1.807, 2.05) is 31.2 Å². The van der Waals surface area contributed by atoms with Crippen LogP contribution in [0.2, 0.25) is 0 Å². The first kappa shape index (κ1) is 18.2. The highest BCUT2D eigenvalue weighted by molar-refractivity contribution is 7.07. The van der Waals surface area contributed by atoms with Gasteiger partial charge in [0.15, 0.2) is 4.80 Å². The second-order valence-electron chi connectivity index (χ2n) is 6.29. The number of hydrogen-bond acceptors (Lipinski definition) is 4. The highest BCUT2D eigenvalue weighted by Crippen LogP contribution is 2.26. The zero-order valence-electron chi connectivity index (χ0n) is 15.2. The van der Waals surface area contributed by atoms with Crippen molar-refractivity contribution in [2.45, 2.75) is 26.8 Å². The van der Waals surface area contributed by atoms with Gasteiger partial charge in [-0.2, -0.15) is 0 Å². The first-order valence-corrected chi connectivity index (χ1v) is 9.98. The van der Waals surface area contributed by atoms with Crippen LogP contribution in [-0.2, 0) is 11.3 Å². The van der Waals surface area contributed by atoms with Gasteiger partial charge >= 0.3 is 0 Å². The van der Waals surface area contributed by atoms with Crippen molar-refractivity contribution in [1.82, 2.24) is 4.57 Å². The van der Waals surface area contributed by atoms with Crippen molar-refractivity contribution in [3.63, 3.8) is 0 Å². The van der Waals surface area contributed by atoms with Crippen LogP contribution >= 0.6 is 11.3 Å². The minimum Gasteiger partial charge on any atom is -0.492 e. The summed E-state index contributed by atoms with van der Waals surface area (Å²) in [6.45, 7) is 11.1. The molecule has 0 unspecified atom stereocenters. The fraction of sp³-hybridized carbons (Fsp3) is 0.526. The minimum atomic E-state index is 0.651. The van der Waals surface area contributed by atoms with Crippen molar-refractivity contribution in [1.29, 1.82) is 0 Å². The van der Waals surface area contributed by atoms with E-state index in [1.54, 1.807) is 16.2 Å². The van der Waals surface area contributed by atoms with E-state index in [4.69, 9.17) is 14.5 Å². The molecule has 1 aliphatic rings. The molecule has 1 N–H and O–H groups in total. The Morgan fingerprint density at radius 2 is 2.08 bits per heavy atom. The maximum atomic E-state index is 5.70. The van der Waals surface area contributed by atoms with Gasteiger partial charge in [0.05, 0.1) is 26.4 Å². The van der Waals surface area contributed by atoms with Gasteiger partial charge in [-0.15, -0.1) is 11.3 Å². The molecule has 2 heterocycles. The quantitative estimate of drug-likeness (QED) is 0.816. The number of hydrogen-bond donors (Lipinski definition) is 1. The third kappa shape index (κ3) is 4.93. The molecule has 0 saturated carbocycles. The summed E-state index contributed by atoms with van der Waals surface area (Å²) in [5, 5.41) is 2.18. The number of morpholine rings is 1. The number of aryl methyl sites for hydroxylation is 1. The Balaban J connectivity index is 1.72. The van der Waals surface area contributed by atoms with Crippen molar-refractivity contribution in [3.8, 4) is 5.75 Å². The summed E-state index contributed by atoms with van der Waals surface area (Å²) in [6.07, 6.45) is 1.16. The number of rotatable bonds is 7. The zero-order valence-corrected chi connectivity index (χ0v) is 16.0. The molecule has 6 heteroatoms. The Labute approximate surface area is 153 Å². The lowest BCUT2D eigenvalue weighted by atomic mass is 10.3. The van der Waals surface area contributed by atoms with E-state index in [0.717, 1.165) is 55.5 Å². The van der Waals surface area contributed by atoms with Gasteiger partial charge in [-0.25, -0.2) is 4.99 Å². The normalized spacial score (nSPS) is 16.3. The monoisotopic (exact) mass is 362 g/mol. The van der Waals surface area contributed by atoms with Crippen molar-refractivity contribution in [2.24, 2.45) is 4.99 Å². The van der Waals surface area contributed by atoms with Gasteiger partial charge in [-0.3, -0.25) is 0 Å². The van der Waals surface area contributed by atoms with Crippen molar-refractivity contribution < 1.29 is 14.4 Å². The van der Waals surface area contributed by atoms with Crippen LogP contribution in [0.5, 0.6) is 5.75 Å². The Bertz CT molecular complexity index is 732. The summed E-state index contributed by atoms with van der Waals surface area (Å²) in [5.74, 6) is 0.848. The number of quaternary nitrogens is 1. The summed E-state index contributed by atoms with van der Waals surface area (Å²) in [6, 6.07) is 7.99. The van der Waals surface area contributed by atoms with Gasteiger partial charge in [0, 0.05) is 24.0 Å². The van der Waals surface area contributed by atoms with E-state index < -0.39 is 0 Å². The summed E-state index contributed by atoms with van der Waals surface area (Å²) in [5.41, 5.74) is 2.17. The molecular formula is C19H28N3O2S+. The second kappa shape index (κ2) is 9.17. The SMILES string of the molecule is CCOc1ccccc1N=c1scc(C)n1CCC[NH+]1CCOCC1. The average molecular weight is 363 g/mol. The first-order valence-electron chi connectivity index (χ1n) is 9.10. The van der Waals surface area contributed by atoms with Crippen molar-refractivity contribution in [3.05, 3.63) is 40.1 Å². The van der Waals surface area contributed by atoms with Gasteiger partial charge in [-0.05, 0) is 26.0 Å². The minimum absolute atomic E-state index is 0.651. The summed E-state index contributed by atoms with van der Waals surface area (Å²) < 4.78 is 13.5. The van der Waals surface area contributed by atoms with Crippen LogP contribution in [0.25, 0.3) is 0 Å². The topological polar surface area (TPSA) is 40.2 Å². The van der Waals surface area contributed by atoms with Crippen molar-refractivity contribution >= 4 is 17.0 Å². The third-order valence-corrected chi connectivity index (χ3v) is 5.47. The molecule has 0 amide bonds. The third-order valence-electron chi connectivity index (χ3n) is 4.48. The Kier molecular flexibility index (Phi) is 6.67. The largest absolute Gasteiger partial charge is 0.492 e. The molecule has 1 saturated heterocycles. The molecule has 0 atom stereocenters. The van der Waals surface area contributed by atoms with Gasteiger partial charge in [0.1, 0.15) is 24.5 Å². The molecule has 0 bridgehead atoms. The number of aromatic nitrogens is 1. The molecule has 3 rings (SSSR count). The van der Waals surface area contributed by atoms with Gasteiger partial charge in [0.25, 0.3) is 0 Å². The molecule has 1 aromatic carbocycles. The molecule has 2 aromatic rings. The number of nitrogens with zero attached hydrogens (tertiary/aromatic N) is 2. The van der Waals surface area contributed by atoms with Crippen LogP contribution in [-0.4, -0.2) is 44.0 Å². The molecular weight excluding hydrogens is 334 g/mol. The van der Waals surface area contributed by atoms with Crippen LogP contribution in [0.1, 0.15) is 19.0 Å². The Morgan fingerprint density at radius 3 is 2.88 bits per heavy atom. The van der Waals surface area contributed by atoms with Crippen LogP contribution in [0, 0.1) is 6.92 Å². The molecule has 136 valence electrons. The lowest BCUT2D eigenvalue weighted by molar-refractivity contribution is -0.908. The van der Waals surface area contributed by atoms with Crippen LogP contribution in [0.15, 0.2) is 34.6 Å². The van der Waals surface area contributed by atoms with Crippen LogP contribution in [0.4, 0.5) is 5.69 Å². The Morgan fingerprint density at radius 1 is 1.28 bits per heavy atom. The standard InChI is InChI=1S/C19H27N3O2S/c1-3-24-18-8-5-4-7-17(18)20-19-22(16(2)15-25-19)10-6-9-21-11-13-23-14-12-21/h4-5,7-8,15H,3,6,9-14H2,1-2H3/p+1. The predicted molar refractivity (Wildman–Crippen MR) is 101 cm³/mol. The lowest BCUT2D eigenvalue weighted by Gasteiger charge is -2.23. The van der Waals surface area contributed by atoms with E-state index >= 15 is 0 Å². The van der Waals surface area contributed by atoms with E-state index in [2.05, 4.69) is 16.9 Å². The zero-order chi connectivity index (χ0) is 17.5. The van der Waals surface area contributed by atoms with Gasteiger partial charge in [-0.1, -0.05) is 12.1 Å². The maximum absolute atomic E-state index is 5.70. The molecule has 1 aliphatic heterocycles. The molecule has 1 fully saturated rings. The molecule has 0 aliphatic carbocycles. The molecule has 5 nitrogen and oxygen atoms in total. The Hall–Kier alpha value is -1.63. The fourth-order valence-electron chi connectivity index (χ4n) is 3.10. The van der Waals surface area contributed by atoms with Gasteiger partial charge in [0.2, 0.25) is 0 Å². The lowest BCUT2D eigenvalue weighted by Crippen LogP contribution is -3.14. The van der Waals surface area contributed by atoms with E-state index in [0.29, 0.717) is 6.61 Å². The van der Waals surface area contributed by atoms with Crippen LogP contribution in [0.3, 0.4) is 0 Å². The maximum Gasteiger partial charge on any atom is 0.190 e. The molecule has 0 spiro atoms. The van der Waals surface area contributed by atoms with E-state index in [1.165, 1.54) is 12.2 Å². The molecule has 1 aromatic heterocycles. The predicted octanol–water partition coefficient (Wildman–Crippen LogP) is 1.79. The first-order chi connectivity index (χ1) is 12.3. The van der Waals surface area contributed by atoms with Gasteiger partial charge < -0.3 is 18.9 Å². The molecule has 25 heavy (non-hydrogen) atoms.